The van der Waals surface area contributed by atoms with E-state index in [4.69, 9.17) is 4.42 Å². The van der Waals surface area contributed by atoms with Crippen LogP contribution in [-0.4, -0.2) is 15.3 Å². The van der Waals surface area contributed by atoms with Gasteiger partial charge in [-0.15, -0.1) is 10.2 Å². The summed E-state index contributed by atoms with van der Waals surface area (Å²) < 4.78 is 5.31. The lowest BCUT2D eigenvalue weighted by Gasteiger charge is -2.19. The average molecular weight is 184 g/mol. The Kier molecular flexibility index (Phi) is 3.03. The fraction of sp³-hybridized carbons (Fsp3) is 0.778. The highest BCUT2D eigenvalue weighted by Crippen LogP contribution is 2.26. The van der Waals surface area contributed by atoms with Gasteiger partial charge in [0.2, 0.25) is 11.8 Å². The molecular weight excluding hydrogens is 168 g/mol. The third-order valence-corrected chi connectivity index (χ3v) is 2.34. The SMILES string of the molecule is CCc1nnc(C(O)(CC)CC)o1. The van der Waals surface area contributed by atoms with Crippen molar-refractivity contribution in [2.45, 2.75) is 45.6 Å². The predicted octanol–water partition coefficient (Wildman–Crippen LogP) is 1.64. The summed E-state index contributed by atoms with van der Waals surface area (Å²) in [6.45, 7) is 5.74. The van der Waals surface area contributed by atoms with E-state index in [1.54, 1.807) is 0 Å². The molecule has 0 aliphatic carbocycles. The third-order valence-electron chi connectivity index (χ3n) is 2.34. The molecule has 0 unspecified atom stereocenters. The van der Waals surface area contributed by atoms with Crippen molar-refractivity contribution in [3.05, 3.63) is 11.8 Å². The van der Waals surface area contributed by atoms with Gasteiger partial charge in [0.05, 0.1) is 0 Å². The number of hydrogen-bond donors (Lipinski definition) is 1. The Balaban J connectivity index is 2.91. The summed E-state index contributed by atoms with van der Waals surface area (Å²) >= 11 is 0. The Morgan fingerprint density at radius 2 is 1.85 bits per heavy atom. The van der Waals surface area contributed by atoms with Gasteiger partial charge in [0.25, 0.3) is 0 Å². The number of rotatable bonds is 4. The van der Waals surface area contributed by atoms with Crippen LogP contribution in [0.3, 0.4) is 0 Å². The average Bonchev–Trinajstić information content (AvgIpc) is 2.65. The van der Waals surface area contributed by atoms with Crippen LogP contribution in [0.15, 0.2) is 4.42 Å². The van der Waals surface area contributed by atoms with Crippen molar-refractivity contribution in [3.8, 4) is 0 Å². The summed E-state index contributed by atoms with van der Waals surface area (Å²) in [5, 5.41) is 17.7. The molecule has 0 saturated carbocycles. The summed E-state index contributed by atoms with van der Waals surface area (Å²) in [5.41, 5.74) is -0.944. The lowest BCUT2D eigenvalue weighted by atomic mass is 9.98. The number of hydrogen-bond acceptors (Lipinski definition) is 4. The van der Waals surface area contributed by atoms with Crippen molar-refractivity contribution in [2.24, 2.45) is 0 Å². The van der Waals surface area contributed by atoms with Gasteiger partial charge in [0.15, 0.2) is 0 Å². The maximum absolute atomic E-state index is 10.0. The zero-order chi connectivity index (χ0) is 9.90. The molecule has 0 aliphatic rings. The van der Waals surface area contributed by atoms with Gasteiger partial charge in [-0.05, 0) is 12.8 Å². The van der Waals surface area contributed by atoms with Gasteiger partial charge in [0.1, 0.15) is 5.60 Å². The number of aryl methyl sites for hydroxylation is 1. The van der Waals surface area contributed by atoms with E-state index >= 15 is 0 Å². The van der Waals surface area contributed by atoms with Crippen LogP contribution in [0.2, 0.25) is 0 Å². The highest BCUT2D eigenvalue weighted by Gasteiger charge is 2.31. The Morgan fingerprint density at radius 3 is 2.23 bits per heavy atom. The van der Waals surface area contributed by atoms with Crippen LogP contribution in [0.25, 0.3) is 0 Å². The molecule has 0 fully saturated rings. The lowest BCUT2D eigenvalue weighted by molar-refractivity contribution is 0.000683. The number of aliphatic hydroxyl groups is 1. The van der Waals surface area contributed by atoms with Crippen LogP contribution < -0.4 is 0 Å². The summed E-state index contributed by atoms with van der Waals surface area (Å²) in [7, 11) is 0. The van der Waals surface area contributed by atoms with Crippen LogP contribution in [0.4, 0.5) is 0 Å². The van der Waals surface area contributed by atoms with Gasteiger partial charge in [-0.2, -0.15) is 0 Å². The molecule has 1 aromatic heterocycles. The van der Waals surface area contributed by atoms with Crippen molar-refractivity contribution >= 4 is 0 Å². The molecule has 13 heavy (non-hydrogen) atoms. The van der Waals surface area contributed by atoms with Crippen LogP contribution in [0.5, 0.6) is 0 Å². The van der Waals surface area contributed by atoms with Crippen molar-refractivity contribution in [1.29, 1.82) is 0 Å². The van der Waals surface area contributed by atoms with Crippen molar-refractivity contribution in [3.63, 3.8) is 0 Å². The lowest BCUT2D eigenvalue weighted by Crippen LogP contribution is -2.23. The molecule has 0 saturated heterocycles. The molecular formula is C9H16N2O2. The zero-order valence-electron chi connectivity index (χ0n) is 8.37. The highest BCUT2D eigenvalue weighted by molar-refractivity contribution is 4.95. The topological polar surface area (TPSA) is 59.2 Å². The van der Waals surface area contributed by atoms with E-state index in [9.17, 15) is 5.11 Å². The molecule has 4 heteroatoms. The van der Waals surface area contributed by atoms with Crippen LogP contribution >= 0.6 is 0 Å². The first-order valence-electron chi connectivity index (χ1n) is 4.71. The van der Waals surface area contributed by atoms with Gasteiger partial charge in [-0.1, -0.05) is 20.8 Å². The van der Waals surface area contributed by atoms with Crippen molar-refractivity contribution in [2.75, 3.05) is 0 Å². The second-order valence-corrected chi connectivity index (χ2v) is 3.09. The molecule has 0 atom stereocenters. The van der Waals surface area contributed by atoms with E-state index in [1.165, 1.54) is 0 Å². The first-order chi connectivity index (χ1) is 6.16. The van der Waals surface area contributed by atoms with Crippen LogP contribution in [-0.2, 0) is 12.0 Å². The normalized spacial score (nSPS) is 12.0. The number of nitrogens with zero attached hydrogens (tertiary/aromatic N) is 2. The van der Waals surface area contributed by atoms with Gasteiger partial charge >= 0.3 is 0 Å². The molecule has 1 aromatic rings. The maximum atomic E-state index is 10.0. The molecule has 0 aromatic carbocycles. The second-order valence-electron chi connectivity index (χ2n) is 3.09. The maximum Gasteiger partial charge on any atom is 0.247 e. The Labute approximate surface area is 78.0 Å². The largest absolute Gasteiger partial charge is 0.422 e. The Hall–Kier alpha value is -0.900. The van der Waals surface area contributed by atoms with E-state index < -0.39 is 5.60 Å². The second kappa shape index (κ2) is 3.87. The van der Waals surface area contributed by atoms with Crippen LogP contribution in [0, 0.1) is 0 Å². The molecule has 1 rings (SSSR count). The summed E-state index contributed by atoms with van der Waals surface area (Å²) in [6, 6.07) is 0. The summed E-state index contributed by atoms with van der Waals surface area (Å²) in [4.78, 5) is 0. The van der Waals surface area contributed by atoms with Gasteiger partial charge in [-0.25, -0.2) is 0 Å². The van der Waals surface area contributed by atoms with E-state index in [0.717, 1.165) is 0 Å². The standard InChI is InChI=1S/C9H16N2O2/c1-4-7-10-11-8(13-7)9(12,5-2)6-3/h12H,4-6H2,1-3H3. The molecule has 0 bridgehead atoms. The Morgan fingerprint density at radius 1 is 1.23 bits per heavy atom. The monoisotopic (exact) mass is 184 g/mol. The highest BCUT2D eigenvalue weighted by atomic mass is 16.4. The third kappa shape index (κ3) is 1.88. The first kappa shape index (κ1) is 10.2. The van der Waals surface area contributed by atoms with E-state index in [1.807, 2.05) is 20.8 Å². The smallest absolute Gasteiger partial charge is 0.247 e. The molecule has 0 radical (unpaired) electrons. The first-order valence-corrected chi connectivity index (χ1v) is 4.71. The molecule has 74 valence electrons. The minimum Gasteiger partial charge on any atom is -0.422 e. The zero-order valence-corrected chi connectivity index (χ0v) is 8.37. The predicted molar refractivity (Wildman–Crippen MR) is 48.2 cm³/mol. The van der Waals surface area contributed by atoms with Gasteiger partial charge in [-0.3, -0.25) is 0 Å². The molecule has 0 spiro atoms. The van der Waals surface area contributed by atoms with Crippen molar-refractivity contribution < 1.29 is 9.52 Å². The van der Waals surface area contributed by atoms with E-state index in [-0.39, 0.29) is 0 Å². The van der Waals surface area contributed by atoms with E-state index in [2.05, 4.69) is 10.2 Å². The minimum atomic E-state index is -0.944. The molecule has 0 amide bonds. The van der Waals surface area contributed by atoms with E-state index in [0.29, 0.717) is 31.0 Å². The quantitative estimate of drug-likeness (QED) is 0.772. The van der Waals surface area contributed by atoms with Gasteiger partial charge < -0.3 is 9.52 Å². The number of aromatic nitrogens is 2. The Bertz CT molecular complexity index is 266. The summed E-state index contributed by atoms with van der Waals surface area (Å²) in [5.74, 6) is 0.921. The molecule has 1 N–H and O–H groups in total. The molecule has 1 heterocycles. The molecule has 4 nitrogen and oxygen atoms in total. The fourth-order valence-corrected chi connectivity index (χ4v) is 1.14. The van der Waals surface area contributed by atoms with Crippen LogP contribution in [0.1, 0.15) is 45.4 Å². The molecule has 0 aliphatic heterocycles. The fourth-order valence-electron chi connectivity index (χ4n) is 1.14. The minimum absolute atomic E-state index is 0.342. The van der Waals surface area contributed by atoms with Crippen molar-refractivity contribution in [1.82, 2.24) is 10.2 Å². The summed E-state index contributed by atoms with van der Waals surface area (Å²) in [6.07, 6.45) is 1.89. The van der Waals surface area contributed by atoms with Gasteiger partial charge in [0, 0.05) is 6.42 Å².